The number of hydrogen-bond acceptors (Lipinski definition) is 5. The van der Waals surface area contributed by atoms with Crippen molar-refractivity contribution in [3.8, 4) is 0 Å². The van der Waals surface area contributed by atoms with Gasteiger partial charge < -0.3 is 15.3 Å². The fourth-order valence-corrected chi connectivity index (χ4v) is 4.63. The van der Waals surface area contributed by atoms with Gasteiger partial charge in [0.25, 0.3) is 0 Å². The van der Waals surface area contributed by atoms with E-state index in [0.717, 1.165) is 31.6 Å². The second kappa shape index (κ2) is 9.33. The van der Waals surface area contributed by atoms with Crippen LogP contribution in [0.3, 0.4) is 0 Å². The van der Waals surface area contributed by atoms with Crippen molar-refractivity contribution in [2.45, 2.75) is 38.1 Å². The minimum atomic E-state index is 0.297. The fraction of sp³-hybridized carbons (Fsp3) is 1.00. The maximum atomic E-state index is 9.08. The van der Waals surface area contributed by atoms with Crippen LogP contribution in [0.4, 0.5) is 0 Å². The van der Waals surface area contributed by atoms with Crippen molar-refractivity contribution in [1.29, 1.82) is 0 Å². The quantitative estimate of drug-likeness (QED) is 0.769. The smallest absolute Gasteiger partial charge is 0.0558 e. The number of hydrogen-bond donors (Lipinski definition) is 2. The van der Waals surface area contributed by atoms with Gasteiger partial charge in [-0.3, -0.25) is 9.80 Å². The lowest BCUT2D eigenvalue weighted by Gasteiger charge is -2.43. The Bertz CT molecular complexity index is 325. The summed E-state index contributed by atoms with van der Waals surface area (Å²) in [6, 6.07) is 0.748. The van der Waals surface area contributed by atoms with E-state index in [1.807, 2.05) is 0 Å². The van der Waals surface area contributed by atoms with Gasteiger partial charge in [-0.25, -0.2) is 0 Å². The van der Waals surface area contributed by atoms with E-state index in [-0.39, 0.29) is 0 Å². The molecular formula is C18H36N4O. The number of aliphatic hydroxyl groups is 1. The fourth-order valence-electron chi connectivity index (χ4n) is 4.63. The highest BCUT2D eigenvalue weighted by molar-refractivity contribution is 4.89. The molecule has 0 aromatic heterocycles. The number of β-amino-alcohol motifs (C(OH)–C–C–N with tert-alkyl or cyclic N) is 1. The first-order valence-corrected chi connectivity index (χ1v) is 9.87. The minimum Gasteiger partial charge on any atom is -0.395 e. The van der Waals surface area contributed by atoms with E-state index in [2.05, 4.69) is 20.0 Å². The van der Waals surface area contributed by atoms with Crippen LogP contribution in [0, 0.1) is 5.92 Å². The van der Waals surface area contributed by atoms with Gasteiger partial charge in [-0.05, 0) is 44.8 Å². The molecule has 5 nitrogen and oxygen atoms in total. The lowest BCUT2D eigenvalue weighted by molar-refractivity contribution is 0.0600. The van der Waals surface area contributed by atoms with Crippen molar-refractivity contribution in [2.75, 3.05) is 72.1 Å². The van der Waals surface area contributed by atoms with E-state index in [1.165, 1.54) is 77.9 Å². The van der Waals surface area contributed by atoms with Gasteiger partial charge >= 0.3 is 0 Å². The van der Waals surface area contributed by atoms with E-state index in [1.54, 1.807) is 0 Å². The Hall–Kier alpha value is -0.200. The average Bonchev–Trinajstić information content (AvgIpc) is 2.87. The Kier molecular flexibility index (Phi) is 7.14. The highest BCUT2D eigenvalue weighted by atomic mass is 16.3. The molecule has 3 aliphatic rings. The molecule has 2 N–H and O–H groups in total. The number of nitrogens with zero attached hydrogens (tertiary/aromatic N) is 3. The average molecular weight is 325 g/mol. The maximum absolute atomic E-state index is 9.08. The Balaban J connectivity index is 1.50. The molecule has 2 atom stereocenters. The number of nitrogens with one attached hydrogen (secondary N) is 1. The van der Waals surface area contributed by atoms with Gasteiger partial charge in [0.15, 0.2) is 0 Å². The van der Waals surface area contributed by atoms with Crippen molar-refractivity contribution in [3.63, 3.8) is 0 Å². The van der Waals surface area contributed by atoms with Gasteiger partial charge in [0.1, 0.15) is 0 Å². The Morgan fingerprint density at radius 2 is 1.57 bits per heavy atom. The normalized spacial score (nSPS) is 32.7. The van der Waals surface area contributed by atoms with E-state index in [4.69, 9.17) is 5.11 Å². The van der Waals surface area contributed by atoms with Gasteiger partial charge in [0.05, 0.1) is 6.61 Å². The maximum Gasteiger partial charge on any atom is 0.0558 e. The van der Waals surface area contributed by atoms with Crippen LogP contribution >= 0.6 is 0 Å². The van der Waals surface area contributed by atoms with Gasteiger partial charge in [-0.15, -0.1) is 0 Å². The third kappa shape index (κ3) is 5.13. The summed E-state index contributed by atoms with van der Waals surface area (Å²) in [7, 11) is 0. The summed E-state index contributed by atoms with van der Waals surface area (Å²) >= 11 is 0. The van der Waals surface area contributed by atoms with E-state index >= 15 is 0 Å². The molecule has 3 aliphatic heterocycles. The number of piperidine rings is 1. The zero-order valence-electron chi connectivity index (χ0n) is 14.8. The molecule has 0 aromatic rings. The second-order valence-electron chi connectivity index (χ2n) is 7.64. The molecule has 134 valence electrons. The van der Waals surface area contributed by atoms with Crippen LogP contribution in [0.2, 0.25) is 0 Å². The summed E-state index contributed by atoms with van der Waals surface area (Å²) < 4.78 is 0. The molecule has 3 saturated heterocycles. The summed E-state index contributed by atoms with van der Waals surface area (Å²) in [5.41, 5.74) is 0. The molecule has 2 unspecified atom stereocenters. The summed E-state index contributed by atoms with van der Waals surface area (Å²) in [4.78, 5) is 7.87. The first kappa shape index (κ1) is 17.6. The van der Waals surface area contributed by atoms with Crippen LogP contribution in [-0.2, 0) is 0 Å². The van der Waals surface area contributed by atoms with E-state index in [9.17, 15) is 0 Å². The number of piperazine rings is 1. The lowest BCUT2D eigenvalue weighted by Crippen LogP contribution is -2.56. The van der Waals surface area contributed by atoms with Crippen molar-refractivity contribution in [3.05, 3.63) is 0 Å². The highest BCUT2D eigenvalue weighted by Gasteiger charge is 2.32. The lowest BCUT2D eigenvalue weighted by atomic mass is 9.90. The molecule has 23 heavy (non-hydrogen) atoms. The van der Waals surface area contributed by atoms with E-state index < -0.39 is 0 Å². The van der Waals surface area contributed by atoms with Crippen LogP contribution in [0.15, 0.2) is 0 Å². The highest BCUT2D eigenvalue weighted by Crippen LogP contribution is 2.23. The largest absolute Gasteiger partial charge is 0.395 e. The Morgan fingerprint density at radius 3 is 2.26 bits per heavy atom. The summed E-state index contributed by atoms with van der Waals surface area (Å²) in [6.45, 7) is 12.0. The van der Waals surface area contributed by atoms with Crippen LogP contribution in [0.1, 0.15) is 32.1 Å². The monoisotopic (exact) mass is 324 g/mol. The van der Waals surface area contributed by atoms with Gasteiger partial charge in [-0.2, -0.15) is 0 Å². The Morgan fingerprint density at radius 1 is 0.870 bits per heavy atom. The first-order valence-electron chi connectivity index (χ1n) is 9.87. The number of rotatable bonds is 5. The zero-order chi connectivity index (χ0) is 15.9. The predicted molar refractivity (Wildman–Crippen MR) is 94.8 cm³/mol. The van der Waals surface area contributed by atoms with Crippen molar-refractivity contribution >= 4 is 0 Å². The molecule has 0 aromatic carbocycles. The molecular weight excluding hydrogens is 288 g/mol. The third-order valence-corrected chi connectivity index (χ3v) is 6.07. The van der Waals surface area contributed by atoms with Crippen molar-refractivity contribution < 1.29 is 5.11 Å². The second-order valence-corrected chi connectivity index (χ2v) is 7.64. The molecule has 0 aliphatic carbocycles. The van der Waals surface area contributed by atoms with Crippen LogP contribution < -0.4 is 5.32 Å². The van der Waals surface area contributed by atoms with Gasteiger partial charge in [0, 0.05) is 51.9 Å². The molecule has 3 fully saturated rings. The first-order chi connectivity index (χ1) is 11.4. The minimum absolute atomic E-state index is 0.297. The summed E-state index contributed by atoms with van der Waals surface area (Å²) in [5, 5.41) is 12.7. The third-order valence-electron chi connectivity index (χ3n) is 6.07. The summed E-state index contributed by atoms with van der Waals surface area (Å²) in [6.07, 6.45) is 6.96. The Labute approximate surface area is 142 Å². The molecule has 3 heterocycles. The molecule has 3 rings (SSSR count). The van der Waals surface area contributed by atoms with Gasteiger partial charge in [-0.1, -0.05) is 12.8 Å². The number of aliphatic hydroxyl groups excluding tert-OH is 1. The topological polar surface area (TPSA) is 42.0 Å². The van der Waals surface area contributed by atoms with Crippen molar-refractivity contribution in [2.24, 2.45) is 5.92 Å². The molecule has 0 spiro atoms. The van der Waals surface area contributed by atoms with Crippen LogP contribution in [0.5, 0.6) is 0 Å². The SMILES string of the molecule is OCCN1CCN(CC2CCNCC2N2CCCCCC2)CC1. The van der Waals surface area contributed by atoms with Crippen LogP contribution in [0.25, 0.3) is 0 Å². The summed E-state index contributed by atoms with van der Waals surface area (Å²) in [5.74, 6) is 0.832. The predicted octanol–water partition coefficient (Wildman–Crippen LogP) is 0.450. The van der Waals surface area contributed by atoms with Crippen LogP contribution in [-0.4, -0.2) is 97.9 Å². The van der Waals surface area contributed by atoms with E-state index in [0.29, 0.717) is 6.61 Å². The molecule has 0 saturated carbocycles. The standard InChI is InChI=1S/C18H36N4O/c23-14-13-20-9-11-21(12-10-20)16-17-5-6-19-15-18(17)22-7-3-1-2-4-8-22/h17-19,23H,1-16H2. The number of likely N-dealkylation sites (tertiary alicyclic amines) is 1. The molecule has 5 heteroatoms. The van der Waals surface area contributed by atoms with Crippen molar-refractivity contribution in [1.82, 2.24) is 20.0 Å². The molecule has 0 bridgehead atoms. The molecule has 0 amide bonds. The zero-order valence-corrected chi connectivity index (χ0v) is 14.8. The van der Waals surface area contributed by atoms with Gasteiger partial charge in [0.2, 0.25) is 0 Å². The molecule has 0 radical (unpaired) electrons.